The summed E-state index contributed by atoms with van der Waals surface area (Å²) in [5, 5.41) is 12.2. The van der Waals surface area contributed by atoms with E-state index >= 15 is 0 Å². The number of H-pyrrole nitrogens is 2. The molecule has 0 saturated heterocycles. The SMILES string of the molecule is C=C(Nc1cncc(-c2ccc3[nH]nc(-c4nc5c(-c6cccnc6)nccc5[nH]4)c3c2)c1)C1CCC1. The van der Waals surface area contributed by atoms with E-state index in [0.29, 0.717) is 11.7 Å². The van der Waals surface area contributed by atoms with E-state index in [1.807, 2.05) is 36.7 Å². The average Bonchev–Trinajstić information content (AvgIpc) is 3.52. The van der Waals surface area contributed by atoms with Gasteiger partial charge in [-0.3, -0.25) is 20.1 Å². The average molecular weight is 485 g/mol. The third-order valence-electron chi connectivity index (χ3n) is 7.10. The topological polar surface area (TPSA) is 108 Å². The number of pyridine rings is 3. The molecule has 0 radical (unpaired) electrons. The summed E-state index contributed by atoms with van der Waals surface area (Å²) < 4.78 is 0. The minimum Gasteiger partial charge on any atom is -0.358 e. The second-order valence-electron chi connectivity index (χ2n) is 9.46. The Kier molecular flexibility index (Phi) is 5.02. The van der Waals surface area contributed by atoms with Gasteiger partial charge >= 0.3 is 0 Å². The number of anilines is 1. The van der Waals surface area contributed by atoms with Crippen LogP contribution in [-0.2, 0) is 0 Å². The highest BCUT2D eigenvalue weighted by molar-refractivity contribution is 5.97. The number of nitrogens with one attached hydrogen (secondary N) is 3. The van der Waals surface area contributed by atoms with Crippen LogP contribution < -0.4 is 5.32 Å². The maximum absolute atomic E-state index is 4.90. The number of aromatic nitrogens is 7. The maximum Gasteiger partial charge on any atom is 0.159 e. The van der Waals surface area contributed by atoms with Crippen LogP contribution >= 0.6 is 0 Å². The van der Waals surface area contributed by atoms with Crippen molar-refractivity contribution >= 4 is 27.6 Å². The molecule has 6 aromatic rings. The Balaban J connectivity index is 1.26. The fourth-order valence-electron chi connectivity index (χ4n) is 4.85. The van der Waals surface area contributed by atoms with E-state index in [1.54, 1.807) is 18.6 Å². The van der Waals surface area contributed by atoms with Crippen LogP contribution in [0.5, 0.6) is 0 Å². The fourth-order valence-corrected chi connectivity index (χ4v) is 4.85. The number of fused-ring (bicyclic) bond motifs is 2. The summed E-state index contributed by atoms with van der Waals surface area (Å²) in [6.07, 6.45) is 12.7. The molecular weight excluding hydrogens is 460 g/mol. The highest BCUT2D eigenvalue weighted by Crippen LogP contribution is 2.35. The van der Waals surface area contributed by atoms with Crippen LogP contribution in [0.3, 0.4) is 0 Å². The molecule has 7 rings (SSSR count). The summed E-state index contributed by atoms with van der Waals surface area (Å²) in [5.74, 6) is 1.24. The minimum absolute atomic E-state index is 0.561. The van der Waals surface area contributed by atoms with Crippen molar-refractivity contribution in [2.45, 2.75) is 19.3 Å². The molecule has 3 N–H and O–H groups in total. The lowest BCUT2D eigenvalue weighted by atomic mass is 9.83. The number of rotatable bonds is 6. The summed E-state index contributed by atoms with van der Waals surface area (Å²) in [6, 6.07) is 14.2. The van der Waals surface area contributed by atoms with Gasteiger partial charge in [0.25, 0.3) is 0 Å². The molecule has 0 atom stereocenters. The molecule has 0 spiro atoms. The zero-order chi connectivity index (χ0) is 24.8. The van der Waals surface area contributed by atoms with Crippen molar-refractivity contribution in [1.29, 1.82) is 0 Å². The predicted octanol–water partition coefficient (Wildman–Crippen LogP) is 6.35. The molecule has 1 fully saturated rings. The summed E-state index contributed by atoms with van der Waals surface area (Å²) in [7, 11) is 0. The van der Waals surface area contributed by atoms with Crippen LogP contribution in [0.15, 0.2) is 85.7 Å². The third-order valence-corrected chi connectivity index (χ3v) is 7.10. The molecular formula is C29H24N8. The largest absolute Gasteiger partial charge is 0.358 e. The monoisotopic (exact) mass is 484 g/mol. The quantitative estimate of drug-likeness (QED) is 0.254. The second-order valence-corrected chi connectivity index (χ2v) is 9.46. The molecule has 5 aromatic heterocycles. The lowest BCUT2D eigenvalue weighted by Crippen LogP contribution is -2.18. The van der Waals surface area contributed by atoms with Crippen molar-refractivity contribution in [3.8, 4) is 33.9 Å². The Morgan fingerprint density at radius 1 is 0.892 bits per heavy atom. The smallest absolute Gasteiger partial charge is 0.159 e. The number of hydrogen-bond acceptors (Lipinski definition) is 6. The standard InChI is InChI=1S/C29H24N8/c1-17(18-4-2-5-18)33-22-12-21(15-31-16-22)19-7-8-24-23(13-19)27(37-36-24)29-34-25-9-11-32-26(28(25)35-29)20-6-3-10-30-14-20/h3,6-16,18,33H,1-2,4-5H2,(H,34,35)(H,36,37). The van der Waals surface area contributed by atoms with E-state index in [1.165, 1.54) is 19.3 Å². The van der Waals surface area contributed by atoms with Crippen molar-refractivity contribution in [2.75, 3.05) is 5.32 Å². The summed E-state index contributed by atoms with van der Waals surface area (Å²) >= 11 is 0. The molecule has 0 aliphatic heterocycles. The lowest BCUT2D eigenvalue weighted by molar-refractivity contribution is 0.371. The van der Waals surface area contributed by atoms with Gasteiger partial charge < -0.3 is 10.3 Å². The van der Waals surface area contributed by atoms with Gasteiger partial charge in [-0.05, 0) is 60.7 Å². The van der Waals surface area contributed by atoms with Gasteiger partial charge in [-0.15, -0.1) is 0 Å². The van der Waals surface area contributed by atoms with Crippen LogP contribution in [0, 0.1) is 5.92 Å². The molecule has 1 aliphatic rings. The van der Waals surface area contributed by atoms with Gasteiger partial charge in [0.1, 0.15) is 11.2 Å². The maximum atomic E-state index is 4.90. The van der Waals surface area contributed by atoms with Crippen LogP contribution in [0.25, 0.3) is 55.8 Å². The van der Waals surface area contributed by atoms with Crippen molar-refractivity contribution < 1.29 is 0 Å². The van der Waals surface area contributed by atoms with Crippen LogP contribution in [0.4, 0.5) is 5.69 Å². The number of aromatic amines is 2. The Hall–Kier alpha value is -4.85. The normalized spacial score (nSPS) is 13.6. The summed E-state index contributed by atoms with van der Waals surface area (Å²) in [5.41, 5.74) is 9.17. The molecule has 5 heterocycles. The van der Waals surface area contributed by atoms with Crippen LogP contribution in [-0.4, -0.2) is 35.1 Å². The van der Waals surface area contributed by atoms with E-state index < -0.39 is 0 Å². The van der Waals surface area contributed by atoms with Gasteiger partial charge in [0.2, 0.25) is 0 Å². The van der Waals surface area contributed by atoms with Crippen molar-refractivity contribution in [3.05, 3.63) is 85.7 Å². The van der Waals surface area contributed by atoms with Gasteiger partial charge in [-0.2, -0.15) is 5.10 Å². The Bertz CT molecular complexity index is 1760. The van der Waals surface area contributed by atoms with Crippen LogP contribution in [0.2, 0.25) is 0 Å². The van der Waals surface area contributed by atoms with E-state index in [2.05, 4.69) is 60.2 Å². The van der Waals surface area contributed by atoms with E-state index in [4.69, 9.17) is 4.98 Å². The highest BCUT2D eigenvalue weighted by Gasteiger charge is 2.21. The number of allylic oxidation sites excluding steroid dienone is 1. The summed E-state index contributed by atoms with van der Waals surface area (Å²) in [4.78, 5) is 21.6. The molecule has 1 saturated carbocycles. The first-order valence-corrected chi connectivity index (χ1v) is 12.4. The predicted molar refractivity (Wildman–Crippen MR) is 146 cm³/mol. The number of nitrogens with zero attached hydrogens (tertiary/aromatic N) is 5. The fraction of sp³-hybridized carbons (Fsp3) is 0.138. The lowest BCUT2D eigenvalue weighted by Gasteiger charge is -2.28. The minimum atomic E-state index is 0.561. The van der Waals surface area contributed by atoms with Crippen molar-refractivity contribution in [3.63, 3.8) is 0 Å². The first-order valence-electron chi connectivity index (χ1n) is 12.4. The number of benzene rings is 1. The zero-order valence-corrected chi connectivity index (χ0v) is 20.1. The molecule has 1 aromatic carbocycles. The van der Waals surface area contributed by atoms with Crippen molar-refractivity contribution in [2.24, 2.45) is 5.92 Å². The third kappa shape index (κ3) is 3.83. The Morgan fingerprint density at radius 3 is 2.65 bits per heavy atom. The Labute approximate surface area is 212 Å². The van der Waals surface area contributed by atoms with Crippen LogP contribution in [0.1, 0.15) is 19.3 Å². The second kappa shape index (κ2) is 8.67. The van der Waals surface area contributed by atoms with E-state index in [0.717, 1.165) is 61.4 Å². The van der Waals surface area contributed by atoms with E-state index in [9.17, 15) is 0 Å². The number of hydrogen-bond donors (Lipinski definition) is 3. The zero-order valence-electron chi connectivity index (χ0n) is 20.1. The highest BCUT2D eigenvalue weighted by atomic mass is 15.1. The molecule has 37 heavy (non-hydrogen) atoms. The van der Waals surface area contributed by atoms with Crippen molar-refractivity contribution in [1.82, 2.24) is 35.1 Å². The molecule has 180 valence electrons. The van der Waals surface area contributed by atoms with Gasteiger partial charge in [0, 0.05) is 47.0 Å². The molecule has 0 bridgehead atoms. The number of imidazole rings is 1. The molecule has 0 unspecified atom stereocenters. The molecule has 8 nitrogen and oxygen atoms in total. The first-order chi connectivity index (χ1) is 18.2. The van der Waals surface area contributed by atoms with E-state index in [-0.39, 0.29) is 0 Å². The molecule has 0 amide bonds. The van der Waals surface area contributed by atoms with Gasteiger partial charge in [-0.1, -0.05) is 19.1 Å². The summed E-state index contributed by atoms with van der Waals surface area (Å²) in [6.45, 7) is 4.23. The van der Waals surface area contributed by atoms with Gasteiger partial charge in [-0.25, -0.2) is 4.98 Å². The van der Waals surface area contributed by atoms with Gasteiger partial charge in [0.15, 0.2) is 5.82 Å². The van der Waals surface area contributed by atoms with Gasteiger partial charge in [0.05, 0.1) is 28.6 Å². The molecule has 8 heteroatoms. The molecule has 1 aliphatic carbocycles. The first kappa shape index (κ1) is 21.4. The Morgan fingerprint density at radius 2 is 1.81 bits per heavy atom.